The number of rotatable bonds is 8. The topological polar surface area (TPSA) is 92.9 Å². The molecule has 3 rings (SSSR count). The van der Waals surface area contributed by atoms with Gasteiger partial charge in [-0.25, -0.2) is 5.43 Å². The van der Waals surface area contributed by atoms with Gasteiger partial charge < -0.3 is 14.2 Å². The van der Waals surface area contributed by atoms with Crippen LogP contribution in [0.5, 0.6) is 17.2 Å². The van der Waals surface area contributed by atoms with Gasteiger partial charge in [0.05, 0.1) is 32.1 Å². The van der Waals surface area contributed by atoms with Crippen molar-refractivity contribution in [2.24, 2.45) is 5.10 Å². The Bertz CT molecular complexity index is 1110. The predicted molar refractivity (Wildman–Crippen MR) is 117 cm³/mol. The van der Waals surface area contributed by atoms with Crippen molar-refractivity contribution in [3.05, 3.63) is 89.0 Å². The van der Waals surface area contributed by atoms with Gasteiger partial charge in [-0.2, -0.15) is 10.4 Å². The third-order valence-electron chi connectivity index (χ3n) is 4.31. The molecule has 0 aliphatic carbocycles. The van der Waals surface area contributed by atoms with Crippen LogP contribution in [0.15, 0.2) is 71.8 Å². The number of nitriles is 1. The monoisotopic (exact) mass is 415 g/mol. The molecule has 7 heteroatoms. The van der Waals surface area contributed by atoms with Gasteiger partial charge in [0.25, 0.3) is 5.91 Å². The second-order valence-electron chi connectivity index (χ2n) is 6.47. The van der Waals surface area contributed by atoms with E-state index in [2.05, 4.69) is 16.6 Å². The SMILES string of the molecule is COc1cc(OC)cc(C(=O)N/N=C\c2cccc(OCc3cccc(C#N)c3)c2)c1. The van der Waals surface area contributed by atoms with Crippen LogP contribution < -0.4 is 19.6 Å². The fraction of sp³-hybridized carbons (Fsp3) is 0.125. The summed E-state index contributed by atoms with van der Waals surface area (Å²) < 4.78 is 16.1. The predicted octanol–water partition coefficient (Wildman–Crippen LogP) is 3.92. The Hall–Kier alpha value is -4.31. The molecule has 1 amide bonds. The Balaban J connectivity index is 1.61. The largest absolute Gasteiger partial charge is 0.497 e. The van der Waals surface area contributed by atoms with Crippen molar-refractivity contribution in [1.29, 1.82) is 5.26 Å². The van der Waals surface area contributed by atoms with Crippen LogP contribution in [0, 0.1) is 11.3 Å². The summed E-state index contributed by atoms with van der Waals surface area (Å²) in [4.78, 5) is 12.4. The maximum absolute atomic E-state index is 12.4. The molecular weight excluding hydrogens is 394 g/mol. The second-order valence-corrected chi connectivity index (χ2v) is 6.47. The molecule has 3 aromatic carbocycles. The van der Waals surface area contributed by atoms with Crippen LogP contribution >= 0.6 is 0 Å². The van der Waals surface area contributed by atoms with E-state index < -0.39 is 5.91 Å². The molecule has 1 N–H and O–H groups in total. The molecule has 156 valence electrons. The first-order valence-electron chi connectivity index (χ1n) is 9.39. The molecule has 0 radical (unpaired) electrons. The van der Waals surface area contributed by atoms with Gasteiger partial charge in [-0.3, -0.25) is 4.79 Å². The van der Waals surface area contributed by atoms with Crippen molar-refractivity contribution in [3.63, 3.8) is 0 Å². The maximum Gasteiger partial charge on any atom is 0.271 e. The van der Waals surface area contributed by atoms with Crippen molar-refractivity contribution >= 4 is 12.1 Å². The van der Waals surface area contributed by atoms with Gasteiger partial charge in [0, 0.05) is 11.6 Å². The summed E-state index contributed by atoms with van der Waals surface area (Å²) in [6, 6.07) is 21.5. The first kappa shape index (κ1) is 21.4. The number of hydrogen-bond donors (Lipinski definition) is 1. The number of ether oxygens (including phenoxy) is 3. The Kier molecular flexibility index (Phi) is 7.22. The van der Waals surface area contributed by atoms with Crippen molar-refractivity contribution in [2.45, 2.75) is 6.61 Å². The summed E-state index contributed by atoms with van der Waals surface area (Å²) >= 11 is 0. The fourth-order valence-corrected chi connectivity index (χ4v) is 2.75. The molecule has 0 bridgehead atoms. The number of nitrogens with zero attached hydrogens (tertiary/aromatic N) is 2. The Morgan fingerprint density at radius 1 is 1.00 bits per heavy atom. The highest BCUT2D eigenvalue weighted by atomic mass is 16.5. The minimum absolute atomic E-state index is 0.338. The summed E-state index contributed by atoms with van der Waals surface area (Å²) in [5.74, 6) is 1.28. The first-order valence-corrected chi connectivity index (χ1v) is 9.39. The van der Waals surface area contributed by atoms with Crippen LogP contribution in [-0.4, -0.2) is 26.3 Å². The van der Waals surface area contributed by atoms with Crippen LogP contribution in [0.3, 0.4) is 0 Å². The third-order valence-corrected chi connectivity index (χ3v) is 4.31. The molecule has 0 fully saturated rings. The molecule has 0 aliphatic rings. The van der Waals surface area contributed by atoms with Crippen molar-refractivity contribution in [1.82, 2.24) is 5.43 Å². The standard InChI is InChI=1S/C24H21N3O4/c1-29-22-11-20(12-23(13-22)30-2)24(28)27-26-15-18-6-4-8-21(10-18)31-16-19-7-3-5-17(9-19)14-25/h3-13,15H,16H2,1-2H3,(H,27,28)/b26-15-. The Morgan fingerprint density at radius 2 is 1.74 bits per heavy atom. The minimum Gasteiger partial charge on any atom is -0.497 e. The average Bonchev–Trinajstić information content (AvgIpc) is 2.82. The quantitative estimate of drug-likeness (QED) is 0.445. The third kappa shape index (κ3) is 6.08. The van der Waals surface area contributed by atoms with Gasteiger partial charge in [-0.05, 0) is 47.5 Å². The zero-order valence-corrected chi connectivity index (χ0v) is 17.2. The normalized spacial score (nSPS) is 10.4. The highest BCUT2D eigenvalue weighted by molar-refractivity contribution is 5.95. The summed E-state index contributed by atoms with van der Waals surface area (Å²) in [5.41, 5.74) is 5.10. The number of hydrazone groups is 1. The van der Waals surface area contributed by atoms with E-state index in [9.17, 15) is 4.79 Å². The lowest BCUT2D eigenvalue weighted by molar-refractivity contribution is 0.0954. The molecular formula is C24H21N3O4. The molecule has 7 nitrogen and oxygen atoms in total. The van der Waals surface area contributed by atoms with E-state index in [1.165, 1.54) is 20.4 Å². The summed E-state index contributed by atoms with van der Waals surface area (Å²) in [6.07, 6.45) is 1.53. The second kappa shape index (κ2) is 10.5. The fourth-order valence-electron chi connectivity index (χ4n) is 2.75. The number of nitrogens with one attached hydrogen (secondary N) is 1. The summed E-state index contributed by atoms with van der Waals surface area (Å²) in [7, 11) is 3.04. The van der Waals surface area contributed by atoms with E-state index in [1.54, 1.807) is 36.4 Å². The van der Waals surface area contributed by atoms with Crippen LogP contribution in [0.2, 0.25) is 0 Å². The van der Waals surface area contributed by atoms with E-state index in [4.69, 9.17) is 19.5 Å². The van der Waals surface area contributed by atoms with Crippen molar-refractivity contribution in [3.8, 4) is 23.3 Å². The zero-order chi connectivity index (χ0) is 22.1. The summed E-state index contributed by atoms with van der Waals surface area (Å²) in [6.45, 7) is 0.338. The van der Waals surface area contributed by atoms with Crippen molar-refractivity contribution in [2.75, 3.05) is 14.2 Å². The van der Waals surface area contributed by atoms with Crippen LogP contribution in [0.4, 0.5) is 0 Å². The molecule has 0 atom stereocenters. The van der Waals surface area contributed by atoms with Crippen LogP contribution in [0.25, 0.3) is 0 Å². The van der Waals surface area contributed by atoms with Gasteiger partial charge in [0.15, 0.2) is 0 Å². The van der Waals surface area contributed by atoms with Crippen molar-refractivity contribution < 1.29 is 19.0 Å². The smallest absolute Gasteiger partial charge is 0.271 e. The highest BCUT2D eigenvalue weighted by Gasteiger charge is 2.09. The number of carbonyl (C=O) groups is 1. The number of benzene rings is 3. The van der Waals surface area contributed by atoms with Gasteiger partial charge in [-0.1, -0.05) is 24.3 Å². The molecule has 31 heavy (non-hydrogen) atoms. The van der Waals surface area contributed by atoms with E-state index in [0.717, 1.165) is 11.1 Å². The van der Waals surface area contributed by atoms with Crippen LogP contribution in [-0.2, 0) is 6.61 Å². The minimum atomic E-state index is -0.391. The lowest BCUT2D eigenvalue weighted by Gasteiger charge is -2.08. The highest BCUT2D eigenvalue weighted by Crippen LogP contribution is 2.22. The first-order chi connectivity index (χ1) is 15.1. The van der Waals surface area contributed by atoms with E-state index in [-0.39, 0.29) is 0 Å². The number of methoxy groups -OCH3 is 2. The number of carbonyl (C=O) groups excluding carboxylic acids is 1. The molecule has 0 aromatic heterocycles. The maximum atomic E-state index is 12.4. The summed E-state index contributed by atoms with van der Waals surface area (Å²) in [5, 5.41) is 13.0. The molecule has 0 spiro atoms. The lowest BCUT2D eigenvalue weighted by Crippen LogP contribution is -2.17. The molecule has 0 saturated heterocycles. The van der Waals surface area contributed by atoms with E-state index in [1.807, 2.05) is 30.3 Å². The zero-order valence-electron chi connectivity index (χ0n) is 17.2. The van der Waals surface area contributed by atoms with E-state index in [0.29, 0.717) is 35.0 Å². The van der Waals surface area contributed by atoms with Crippen LogP contribution in [0.1, 0.15) is 27.0 Å². The van der Waals surface area contributed by atoms with Gasteiger partial charge in [0.2, 0.25) is 0 Å². The molecule has 0 aliphatic heterocycles. The van der Waals surface area contributed by atoms with Gasteiger partial charge in [0.1, 0.15) is 23.9 Å². The Labute approximate surface area is 180 Å². The molecule has 0 unspecified atom stereocenters. The average molecular weight is 415 g/mol. The van der Waals surface area contributed by atoms with Gasteiger partial charge in [-0.15, -0.1) is 0 Å². The molecule has 3 aromatic rings. The van der Waals surface area contributed by atoms with E-state index >= 15 is 0 Å². The Morgan fingerprint density at radius 3 is 2.45 bits per heavy atom. The lowest BCUT2D eigenvalue weighted by atomic mass is 10.1. The number of hydrogen-bond acceptors (Lipinski definition) is 6. The number of amides is 1. The molecule has 0 saturated carbocycles. The van der Waals surface area contributed by atoms with Gasteiger partial charge >= 0.3 is 0 Å². The molecule has 0 heterocycles.